The number of amides is 2. The van der Waals surface area contributed by atoms with Crippen molar-refractivity contribution in [1.29, 1.82) is 0 Å². The Balaban J connectivity index is 2.17. The van der Waals surface area contributed by atoms with E-state index >= 15 is 0 Å². The molecule has 0 saturated carbocycles. The van der Waals surface area contributed by atoms with Gasteiger partial charge in [0, 0.05) is 18.2 Å². The summed E-state index contributed by atoms with van der Waals surface area (Å²) in [6.07, 6.45) is 0. The molecule has 1 aliphatic heterocycles. The van der Waals surface area contributed by atoms with Crippen LogP contribution in [0.5, 0.6) is 0 Å². The van der Waals surface area contributed by atoms with E-state index in [4.69, 9.17) is 0 Å². The van der Waals surface area contributed by atoms with E-state index in [0.717, 1.165) is 11.3 Å². The van der Waals surface area contributed by atoms with Crippen LogP contribution in [0.15, 0.2) is 24.3 Å². The van der Waals surface area contributed by atoms with Crippen LogP contribution in [-0.2, 0) is 9.59 Å². The summed E-state index contributed by atoms with van der Waals surface area (Å²) in [4.78, 5) is 24.4. The molecular weight excluding hydrogens is 252 g/mol. The zero-order valence-corrected chi connectivity index (χ0v) is 12.5. The number of rotatable bonds is 2. The monoisotopic (exact) mass is 274 g/mol. The van der Waals surface area contributed by atoms with Gasteiger partial charge in [0.1, 0.15) is 5.92 Å². The Labute approximate surface area is 119 Å². The maximum atomic E-state index is 12.4. The van der Waals surface area contributed by atoms with Gasteiger partial charge in [-0.1, -0.05) is 32.9 Å². The summed E-state index contributed by atoms with van der Waals surface area (Å²) < 4.78 is 0. The summed E-state index contributed by atoms with van der Waals surface area (Å²) in [6.45, 7) is 8.71. The Morgan fingerprint density at radius 1 is 1.35 bits per heavy atom. The van der Waals surface area contributed by atoms with Gasteiger partial charge < -0.3 is 10.6 Å². The van der Waals surface area contributed by atoms with Crippen LogP contribution in [0.1, 0.15) is 26.3 Å². The number of benzene rings is 1. The van der Waals surface area contributed by atoms with Gasteiger partial charge in [0.05, 0.1) is 0 Å². The van der Waals surface area contributed by atoms with Crippen LogP contribution in [0.2, 0.25) is 0 Å². The molecule has 4 heteroatoms. The van der Waals surface area contributed by atoms with Crippen molar-refractivity contribution in [3.8, 4) is 0 Å². The molecule has 0 bridgehead atoms. The standard InChI is InChI=1S/C16H22N2O2/c1-10-6-5-7-11(8-10)18-15(20)13-12(16(2,3)4)9-17-14(13)19/h5-8,12-13H,9H2,1-4H3,(H,17,19)(H,18,20)/t12-,13-/m1/s1. The van der Waals surface area contributed by atoms with Gasteiger partial charge in [-0.3, -0.25) is 9.59 Å². The van der Waals surface area contributed by atoms with Crippen LogP contribution >= 0.6 is 0 Å². The van der Waals surface area contributed by atoms with Crippen LogP contribution in [0, 0.1) is 24.2 Å². The van der Waals surface area contributed by atoms with Crippen molar-refractivity contribution in [1.82, 2.24) is 5.32 Å². The van der Waals surface area contributed by atoms with Gasteiger partial charge in [0.15, 0.2) is 0 Å². The Morgan fingerprint density at radius 2 is 2.05 bits per heavy atom. The van der Waals surface area contributed by atoms with Crippen molar-refractivity contribution >= 4 is 17.5 Å². The molecule has 0 radical (unpaired) electrons. The first kappa shape index (κ1) is 14.6. The minimum absolute atomic E-state index is 0.0137. The molecule has 1 aliphatic rings. The van der Waals surface area contributed by atoms with Gasteiger partial charge in [0.2, 0.25) is 11.8 Å². The molecule has 0 spiro atoms. The predicted octanol–water partition coefficient (Wildman–Crippen LogP) is 2.34. The number of carbonyl (C=O) groups excluding carboxylic acids is 2. The van der Waals surface area contributed by atoms with Crippen molar-refractivity contribution < 1.29 is 9.59 Å². The zero-order valence-electron chi connectivity index (χ0n) is 12.5. The summed E-state index contributed by atoms with van der Waals surface area (Å²) in [5, 5.41) is 5.66. The third-order valence-electron chi connectivity index (χ3n) is 3.86. The Morgan fingerprint density at radius 3 is 2.65 bits per heavy atom. The van der Waals surface area contributed by atoms with Crippen molar-refractivity contribution in [3.05, 3.63) is 29.8 Å². The van der Waals surface area contributed by atoms with E-state index in [9.17, 15) is 9.59 Å². The van der Waals surface area contributed by atoms with Gasteiger partial charge in [0.25, 0.3) is 0 Å². The Bertz CT molecular complexity index is 532. The Hall–Kier alpha value is -1.84. The second-order valence-electron chi connectivity index (χ2n) is 6.55. The molecule has 1 fully saturated rings. The molecular formula is C16H22N2O2. The number of nitrogens with one attached hydrogen (secondary N) is 2. The molecule has 0 aliphatic carbocycles. The molecule has 2 atom stereocenters. The third kappa shape index (κ3) is 3.00. The normalized spacial score (nSPS) is 22.5. The summed E-state index contributed by atoms with van der Waals surface area (Å²) in [5.74, 6) is -0.990. The van der Waals surface area contributed by atoms with Crippen molar-refractivity contribution in [3.63, 3.8) is 0 Å². The molecule has 4 nitrogen and oxygen atoms in total. The summed E-state index contributed by atoms with van der Waals surface area (Å²) in [5.41, 5.74) is 1.72. The smallest absolute Gasteiger partial charge is 0.237 e. The average molecular weight is 274 g/mol. The quantitative estimate of drug-likeness (QED) is 0.813. The van der Waals surface area contributed by atoms with Gasteiger partial charge in [-0.05, 0) is 30.0 Å². The van der Waals surface area contributed by atoms with Crippen LogP contribution in [0.4, 0.5) is 5.69 Å². The minimum Gasteiger partial charge on any atom is -0.355 e. The molecule has 0 aromatic heterocycles. The highest BCUT2D eigenvalue weighted by atomic mass is 16.2. The van der Waals surface area contributed by atoms with E-state index in [2.05, 4.69) is 31.4 Å². The van der Waals surface area contributed by atoms with E-state index in [1.165, 1.54) is 0 Å². The number of aryl methyl sites for hydroxylation is 1. The lowest BCUT2D eigenvalue weighted by Gasteiger charge is -2.29. The van der Waals surface area contributed by atoms with Crippen molar-refractivity contribution in [2.75, 3.05) is 11.9 Å². The topological polar surface area (TPSA) is 58.2 Å². The fourth-order valence-corrected chi connectivity index (χ4v) is 2.67. The first-order valence-electron chi connectivity index (χ1n) is 6.94. The van der Waals surface area contributed by atoms with Crippen molar-refractivity contribution in [2.45, 2.75) is 27.7 Å². The maximum Gasteiger partial charge on any atom is 0.237 e. The largest absolute Gasteiger partial charge is 0.355 e. The molecule has 2 amide bonds. The van der Waals surface area contributed by atoms with Gasteiger partial charge in [-0.15, -0.1) is 0 Å². The second-order valence-corrected chi connectivity index (χ2v) is 6.55. The van der Waals surface area contributed by atoms with Gasteiger partial charge in [-0.25, -0.2) is 0 Å². The molecule has 20 heavy (non-hydrogen) atoms. The number of hydrogen-bond donors (Lipinski definition) is 2. The molecule has 2 rings (SSSR count). The SMILES string of the molecule is Cc1cccc(NC(=O)[C@H]2C(=O)NC[C@H]2C(C)(C)C)c1. The van der Waals surface area contributed by atoms with Crippen LogP contribution in [0.3, 0.4) is 0 Å². The molecule has 1 saturated heterocycles. The molecule has 1 aromatic carbocycles. The van der Waals surface area contributed by atoms with E-state index in [-0.39, 0.29) is 23.1 Å². The minimum atomic E-state index is -0.615. The second kappa shape index (κ2) is 5.27. The number of hydrogen-bond acceptors (Lipinski definition) is 2. The molecule has 2 N–H and O–H groups in total. The fraction of sp³-hybridized carbons (Fsp3) is 0.500. The Kier molecular flexibility index (Phi) is 3.84. The first-order chi connectivity index (χ1) is 9.29. The molecule has 0 unspecified atom stereocenters. The van der Waals surface area contributed by atoms with Crippen molar-refractivity contribution in [2.24, 2.45) is 17.3 Å². The number of anilines is 1. The van der Waals surface area contributed by atoms with Crippen LogP contribution in [0.25, 0.3) is 0 Å². The molecule has 1 heterocycles. The zero-order chi connectivity index (χ0) is 14.9. The highest BCUT2D eigenvalue weighted by molar-refractivity contribution is 6.07. The van der Waals surface area contributed by atoms with E-state index in [1.807, 2.05) is 31.2 Å². The summed E-state index contributed by atoms with van der Waals surface area (Å²) >= 11 is 0. The van der Waals surface area contributed by atoms with Crippen LogP contribution < -0.4 is 10.6 Å². The van der Waals surface area contributed by atoms with Gasteiger partial charge >= 0.3 is 0 Å². The third-order valence-corrected chi connectivity index (χ3v) is 3.86. The van der Waals surface area contributed by atoms with Crippen LogP contribution in [-0.4, -0.2) is 18.4 Å². The first-order valence-corrected chi connectivity index (χ1v) is 6.94. The number of carbonyl (C=O) groups is 2. The lowest BCUT2D eigenvalue weighted by atomic mass is 9.74. The maximum absolute atomic E-state index is 12.4. The molecule has 108 valence electrons. The lowest BCUT2D eigenvalue weighted by molar-refractivity contribution is -0.132. The predicted molar refractivity (Wildman–Crippen MR) is 79.3 cm³/mol. The van der Waals surface area contributed by atoms with E-state index in [0.29, 0.717) is 6.54 Å². The van der Waals surface area contributed by atoms with Gasteiger partial charge in [-0.2, -0.15) is 0 Å². The summed E-state index contributed by atoms with van der Waals surface area (Å²) in [7, 11) is 0. The fourth-order valence-electron chi connectivity index (χ4n) is 2.67. The van der Waals surface area contributed by atoms with E-state index < -0.39 is 5.92 Å². The van der Waals surface area contributed by atoms with E-state index in [1.54, 1.807) is 0 Å². The molecule has 1 aromatic rings. The lowest BCUT2D eigenvalue weighted by Crippen LogP contribution is -2.37. The highest BCUT2D eigenvalue weighted by Gasteiger charge is 2.45. The highest BCUT2D eigenvalue weighted by Crippen LogP contribution is 2.35. The average Bonchev–Trinajstić information content (AvgIpc) is 2.71. The summed E-state index contributed by atoms with van der Waals surface area (Å²) in [6, 6.07) is 7.59.